The first kappa shape index (κ1) is 16.2. The summed E-state index contributed by atoms with van der Waals surface area (Å²) in [5.74, 6) is -0.734. The molecule has 4 nitrogen and oxygen atoms in total. The van der Waals surface area contributed by atoms with Gasteiger partial charge in [-0.1, -0.05) is 48.5 Å². The van der Waals surface area contributed by atoms with Gasteiger partial charge in [0, 0.05) is 11.1 Å². The SMILES string of the molecule is O=C1c2ccccc2CCC1S(=O)(=O)C1CCc2ccccc2C1=O. The van der Waals surface area contributed by atoms with Crippen LogP contribution in [0.4, 0.5) is 0 Å². The number of Topliss-reactive ketones (excluding diaryl/α,β-unsaturated/α-hetero) is 2. The highest BCUT2D eigenvalue weighted by molar-refractivity contribution is 7.94. The number of hydrogen-bond acceptors (Lipinski definition) is 4. The van der Waals surface area contributed by atoms with Crippen molar-refractivity contribution < 1.29 is 18.0 Å². The van der Waals surface area contributed by atoms with Crippen LogP contribution in [0.3, 0.4) is 0 Å². The molecule has 2 unspecified atom stereocenters. The predicted octanol–water partition coefficient (Wildman–Crippen LogP) is 2.80. The summed E-state index contributed by atoms with van der Waals surface area (Å²) < 4.78 is 26.3. The molecular formula is C20H18O4S. The quantitative estimate of drug-likeness (QED) is 0.832. The van der Waals surface area contributed by atoms with E-state index in [0.29, 0.717) is 24.0 Å². The van der Waals surface area contributed by atoms with E-state index in [1.807, 2.05) is 24.3 Å². The Kier molecular flexibility index (Phi) is 3.84. The average molecular weight is 354 g/mol. The van der Waals surface area contributed by atoms with Crippen LogP contribution in [0.15, 0.2) is 48.5 Å². The van der Waals surface area contributed by atoms with Crippen LogP contribution in [0.2, 0.25) is 0 Å². The van der Waals surface area contributed by atoms with Gasteiger partial charge in [-0.15, -0.1) is 0 Å². The third kappa shape index (κ3) is 2.54. The molecule has 0 saturated carbocycles. The molecule has 2 aromatic carbocycles. The molecule has 5 heteroatoms. The van der Waals surface area contributed by atoms with Gasteiger partial charge in [0.25, 0.3) is 0 Å². The van der Waals surface area contributed by atoms with Crippen LogP contribution in [0.5, 0.6) is 0 Å². The Bertz CT molecular complexity index is 901. The molecule has 0 heterocycles. The van der Waals surface area contributed by atoms with Crippen LogP contribution in [0, 0.1) is 0 Å². The highest BCUT2D eigenvalue weighted by Crippen LogP contribution is 2.32. The van der Waals surface area contributed by atoms with Crippen molar-refractivity contribution in [2.75, 3.05) is 0 Å². The summed E-state index contributed by atoms with van der Waals surface area (Å²) in [7, 11) is -3.87. The Morgan fingerprint density at radius 2 is 1.08 bits per heavy atom. The van der Waals surface area contributed by atoms with Crippen LogP contribution in [0.1, 0.15) is 44.7 Å². The lowest BCUT2D eigenvalue weighted by molar-refractivity contribution is 0.0970. The molecule has 25 heavy (non-hydrogen) atoms. The minimum absolute atomic E-state index is 0.254. The van der Waals surface area contributed by atoms with E-state index in [2.05, 4.69) is 0 Å². The summed E-state index contributed by atoms with van der Waals surface area (Å²) in [6.07, 6.45) is 1.60. The Morgan fingerprint density at radius 3 is 1.52 bits per heavy atom. The van der Waals surface area contributed by atoms with E-state index in [9.17, 15) is 18.0 Å². The van der Waals surface area contributed by atoms with Crippen molar-refractivity contribution in [3.63, 3.8) is 0 Å². The molecule has 2 aliphatic carbocycles. The van der Waals surface area contributed by atoms with E-state index in [1.54, 1.807) is 24.3 Å². The third-order valence-electron chi connectivity index (χ3n) is 5.30. The largest absolute Gasteiger partial charge is 0.293 e. The van der Waals surface area contributed by atoms with Crippen molar-refractivity contribution in [3.05, 3.63) is 70.8 Å². The molecule has 0 saturated heterocycles. The van der Waals surface area contributed by atoms with Crippen LogP contribution in [0.25, 0.3) is 0 Å². The molecule has 0 spiro atoms. The van der Waals surface area contributed by atoms with Crippen molar-refractivity contribution in [1.82, 2.24) is 0 Å². The molecule has 2 aliphatic rings. The summed E-state index contributed by atoms with van der Waals surface area (Å²) in [4.78, 5) is 25.5. The second-order valence-electron chi connectivity index (χ2n) is 6.69. The summed E-state index contributed by atoms with van der Waals surface area (Å²) in [6.45, 7) is 0. The zero-order valence-corrected chi connectivity index (χ0v) is 14.5. The fraction of sp³-hybridized carbons (Fsp3) is 0.300. The molecule has 128 valence electrons. The van der Waals surface area contributed by atoms with E-state index in [-0.39, 0.29) is 24.4 Å². The minimum Gasteiger partial charge on any atom is -0.293 e. The molecule has 0 fully saturated rings. The Labute approximate surface area is 146 Å². The Hall–Kier alpha value is -2.27. The Morgan fingerprint density at radius 1 is 0.680 bits per heavy atom. The van der Waals surface area contributed by atoms with Gasteiger partial charge in [-0.3, -0.25) is 9.59 Å². The number of carbonyl (C=O) groups is 2. The maximum atomic E-state index is 13.1. The molecule has 0 aliphatic heterocycles. The van der Waals surface area contributed by atoms with Gasteiger partial charge in [0.15, 0.2) is 21.4 Å². The van der Waals surface area contributed by atoms with Crippen LogP contribution < -0.4 is 0 Å². The van der Waals surface area contributed by atoms with Crippen molar-refractivity contribution in [2.45, 2.75) is 36.2 Å². The molecule has 2 aromatic rings. The predicted molar refractivity (Wildman–Crippen MR) is 94.7 cm³/mol. The lowest BCUT2D eigenvalue weighted by atomic mass is 9.90. The highest BCUT2D eigenvalue weighted by atomic mass is 32.2. The summed E-state index contributed by atoms with van der Waals surface area (Å²) in [6, 6.07) is 14.3. The van der Waals surface area contributed by atoms with E-state index < -0.39 is 20.3 Å². The number of ketones is 2. The lowest BCUT2D eigenvalue weighted by Gasteiger charge is -2.29. The summed E-state index contributed by atoms with van der Waals surface area (Å²) >= 11 is 0. The second-order valence-corrected chi connectivity index (χ2v) is 9.00. The molecule has 0 amide bonds. The van der Waals surface area contributed by atoms with E-state index >= 15 is 0 Å². The smallest absolute Gasteiger partial charge is 0.181 e. The van der Waals surface area contributed by atoms with Crippen LogP contribution in [-0.2, 0) is 22.7 Å². The maximum absolute atomic E-state index is 13.1. The van der Waals surface area contributed by atoms with Gasteiger partial charge in [0.05, 0.1) is 0 Å². The van der Waals surface area contributed by atoms with Crippen molar-refractivity contribution in [2.24, 2.45) is 0 Å². The molecule has 0 bridgehead atoms. The zero-order valence-electron chi connectivity index (χ0n) is 13.6. The molecule has 0 N–H and O–H groups in total. The second kappa shape index (κ2) is 5.92. The first-order chi connectivity index (χ1) is 12.0. The van der Waals surface area contributed by atoms with Gasteiger partial charge in [0.1, 0.15) is 10.5 Å². The number of fused-ring (bicyclic) bond motifs is 2. The van der Waals surface area contributed by atoms with Crippen molar-refractivity contribution >= 4 is 21.4 Å². The number of carbonyl (C=O) groups excluding carboxylic acids is 2. The number of hydrogen-bond donors (Lipinski definition) is 0. The van der Waals surface area contributed by atoms with Crippen molar-refractivity contribution in [1.29, 1.82) is 0 Å². The van der Waals surface area contributed by atoms with Gasteiger partial charge >= 0.3 is 0 Å². The van der Waals surface area contributed by atoms with E-state index in [0.717, 1.165) is 11.1 Å². The average Bonchev–Trinajstić information content (AvgIpc) is 2.62. The first-order valence-electron chi connectivity index (χ1n) is 8.47. The van der Waals surface area contributed by atoms with Gasteiger partial charge in [-0.05, 0) is 36.8 Å². The molecule has 2 atom stereocenters. The highest BCUT2D eigenvalue weighted by Gasteiger charge is 2.45. The number of aryl methyl sites for hydroxylation is 2. The fourth-order valence-corrected chi connectivity index (χ4v) is 6.10. The maximum Gasteiger partial charge on any atom is 0.181 e. The summed E-state index contributed by atoms with van der Waals surface area (Å²) in [5, 5.41) is -2.22. The molecule has 4 rings (SSSR count). The number of sulfone groups is 1. The van der Waals surface area contributed by atoms with Crippen molar-refractivity contribution in [3.8, 4) is 0 Å². The molecular weight excluding hydrogens is 336 g/mol. The number of benzene rings is 2. The summed E-state index contributed by atoms with van der Waals surface area (Å²) in [5.41, 5.74) is 2.73. The normalized spacial score (nSPS) is 23.0. The topological polar surface area (TPSA) is 68.3 Å². The standard InChI is InChI=1S/C20H18O4S/c21-19-15-7-3-1-5-13(15)9-11-17(19)25(23,24)18-12-10-14-6-2-4-8-16(14)20(18)22/h1-8,17-18H,9-12H2. The minimum atomic E-state index is -3.87. The zero-order chi connectivity index (χ0) is 17.6. The fourth-order valence-electron chi connectivity index (χ4n) is 3.96. The van der Waals surface area contributed by atoms with E-state index in [4.69, 9.17) is 0 Å². The Balaban J connectivity index is 1.70. The van der Waals surface area contributed by atoms with E-state index in [1.165, 1.54) is 0 Å². The van der Waals surface area contributed by atoms with Gasteiger partial charge in [-0.25, -0.2) is 8.42 Å². The monoisotopic (exact) mass is 354 g/mol. The van der Waals surface area contributed by atoms with Gasteiger partial charge in [0.2, 0.25) is 0 Å². The van der Waals surface area contributed by atoms with Gasteiger partial charge < -0.3 is 0 Å². The van der Waals surface area contributed by atoms with Crippen LogP contribution >= 0.6 is 0 Å². The first-order valence-corrected chi connectivity index (χ1v) is 10.1. The van der Waals surface area contributed by atoms with Crippen LogP contribution in [-0.4, -0.2) is 30.5 Å². The number of rotatable bonds is 2. The lowest BCUT2D eigenvalue weighted by Crippen LogP contribution is -2.45. The van der Waals surface area contributed by atoms with Gasteiger partial charge in [-0.2, -0.15) is 0 Å². The third-order valence-corrected chi connectivity index (χ3v) is 7.78. The molecule has 0 aromatic heterocycles. The molecule has 0 radical (unpaired) electrons.